The minimum atomic E-state index is -0.0977. The first-order chi connectivity index (χ1) is 23.4. The summed E-state index contributed by atoms with van der Waals surface area (Å²) in [5.41, 5.74) is 15.2. The number of benzene rings is 5. The molecule has 4 aromatic heterocycles. The predicted molar refractivity (Wildman–Crippen MR) is 205 cm³/mol. The molecule has 3 heteroatoms. The fourth-order valence-electron chi connectivity index (χ4n) is 12.6. The number of rotatable bonds is 0. The Balaban J connectivity index is 1.42. The van der Waals surface area contributed by atoms with Crippen molar-refractivity contribution in [2.24, 2.45) is 5.41 Å². The normalized spacial score (nSPS) is 24.0. The molecule has 0 aliphatic heterocycles. The van der Waals surface area contributed by atoms with E-state index in [1.54, 1.807) is 0 Å². The quantitative estimate of drug-likeness (QED) is 0.164. The Hall–Kier alpha value is -5.07. The van der Waals surface area contributed by atoms with Crippen molar-refractivity contribution < 1.29 is 0 Å². The van der Waals surface area contributed by atoms with E-state index in [1.807, 2.05) is 0 Å². The van der Waals surface area contributed by atoms with Gasteiger partial charge in [0.05, 0.1) is 44.7 Å². The van der Waals surface area contributed by atoms with Gasteiger partial charge in [-0.25, -0.2) is 0 Å². The Bertz CT molecular complexity index is 3120. The van der Waals surface area contributed by atoms with Crippen LogP contribution in [0.3, 0.4) is 0 Å². The molecule has 0 saturated heterocycles. The van der Waals surface area contributed by atoms with Crippen LogP contribution in [-0.2, 0) is 16.2 Å². The highest BCUT2D eigenvalue weighted by Crippen LogP contribution is 2.67. The lowest BCUT2D eigenvalue weighted by molar-refractivity contribution is 0.100. The van der Waals surface area contributed by atoms with Crippen LogP contribution in [0.5, 0.6) is 0 Å². The van der Waals surface area contributed by atoms with E-state index in [0.717, 1.165) is 12.0 Å². The largest absolute Gasteiger partial charge is 0.308 e. The fraction of sp³-hybridized carbons (Fsp3) is 0.283. The third-order valence-electron chi connectivity index (χ3n) is 13.8. The van der Waals surface area contributed by atoms with E-state index in [2.05, 4.69) is 123 Å². The van der Waals surface area contributed by atoms with Crippen molar-refractivity contribution in [2.45, 2.75) is 77.0 Å². The number of nitrogens with zero attached hydrogens (tertiary/aromatic N) is 3. The summed E-state index contributed by atoms with van der Waals surface area (Å²) in [4.78, 5) is 0. The molecule has 0 spiro atoms. The van der Waals surface area contributed by atoms with Crippen LogP contribution in [0.2, 0.25) is 0 Å². The van der Waals surface area contributed by atoms with Gasteiger partial charge in [0.25, 0.3) is 0 Å². The number of aromatic nitrogens is 2. The van der Waals surface area contributed by atoms with Crippen molar-refractivity contribution in [1.29, 1.82) is 5.26 Å². The van der Waals surface area contributed by atoms with E-state index in [-0.39, 0.29) is 21.7 Å². The van der Waals surface area contributed by atoms with E-state index in [9.17, 15) is 5.26 Å². The lowest BCUT2D eigenvalue weighted by Crippen LogP contribution is -2.50. The average molecular weight is 632 g/mol. The maximum absolute atomic E-state index is 10.8. The molecule has 13 rings (SSSR count). The molecule has 1 saturated carbocycles. The molecule has 2 bridgehead atoms. The van der Waals surface area contributed by atoms with Crippen LogP contribution in [0.25, 0.3) is 81.8 Å². The van der Waals surface area contributed by atoms with Gasteiger partial charge in [0.15, 0.2) is 0 Å². The summed E-state index contributed by atoms with van der Waals surface area (Å²) < 4.78 is 5.09. The van der Waals surface area contributed by atoms with E-state index >= 15 is 0 Å². The second kappa shape index (κ2) is 7.56. The third-order valence-corrected chi connectivity index (χ3v) is 13.8. The molecule has 49 heavy (non-hydrogen) atoms. The van der Waals surface area contributed by atoms with E-state index in [1.165, 1.54) is 117 Å². The van der Waals surface area contributed by atoms with Crippen molar-refractivity contribution in [1.82, 2.24) is 8.80 Å². The molecule has 236 valence electrons. The molecule has 0 amide bonds. The molecular formula is C46H37N3. The summed E-state index contributed by atoms with van der Waals surface area (Å²) in [6.07, 6.45) is 3.36. The Kier molecular flexibility index (Phi) is 4.14. The van der Waals surface area contributed by atoms with Crippen LogP contribution >= 0.6 is 0 Å². The number of para-hydroxylation sites is 2. The van der Waals surface area contributed by atoms with Gasteiger partial charge in [-0.05, 0) is 99.1 Å². The fourth-order valence-corrected chi connectivity index (χ4v) is 12.6. The zero-order valence-corrected chi connectivity index (χ0v) is 29.0. The van der Waals surface area contributed by atoms with E-state index in [4.69, 9.17) is 6.58 Å². The number of hydrogen-bond donors (Lipinski definition) is 0. The smallest absolute Gasteiger partial charge is 0.0995 e. The van der Waals surface area contributed by atoms with E-state index in [0.29, 0.717) is 0 Å². The maximum atomic E-state index is 10.8. The van der Waals surface area contributed by atoms with Crippen LogP contribution in [-0.4, -0.2) is 8.80 Å². The number of fused-ring (bicyclic) bond motifs is 15. The second-order valence-electron chi connectivity index (χ2n) is 17.9. The summed E-state index contributed by atoms with van der Waals surface area (Å²) in [6.45, 7) is 19.1. The molecule has 0 radical (unpaired) electrons. The molecule has 3 nitrogen and oxygen atoms in total. The lowest BCUT2D eigenvalue weighted by Gasteiger charge is -2.59. The number of allylic oxidation sites excluding steroid dienone is 1. The maximum Gasteiger partial charge on any atom is 0.0995 e. The van der Waals surface area contributed by atoms with Crippen molar-refractivity contribution in [3.8, 4) is 6.07 Å². The third kappa shape index (κ3) is 2.68. The van der Waals surface area contributed by atoms with Crippen molar-refractivity contribution >= 4 is 81.8 Å². The summed E-state index contributed by atoms with van der Waals surface area (Å²) in [5.74, 6) is 0. The monoisotopic (exact) mass is 631 g/mol. The molecule has 4 aliphatic carbocycles. The molecule has 9 aromatic rings. The summed E-state index contributed by atoms with van der Waals surface area (Å²) in [7, 11) is 0. The molecule has 0 atom stereocenters. The van der Waals surface area contributed by atoms with Gasteiger partial charge in [0, 0.05) is 43.1 Å². The number of hydrogen-bond acceptors (Lipinski definition) is 1. The van der Waals surface area contributed by atoms with Crippen LogP contribution in [0.15, 0.2) is 73.3 Å². The van der Waals surface area contributed by atoms with Crippen molar-refractivity contribution in [3.05, 3.63) is 101 Å². The summed E-state index contributed by atoms with van der Waals surface area (Å²) in [6, 6.07) is 28.2. The molecule has 4 heterocycles. The van der Waals surface area contributed by atoms with Gasteiger partial charge >= 0.3 is 0 Å². The van der Waals surface area contributed by atoms with Crippen LogP contribution in [0.1, 0.15) is 88.6 Å². The first-order valence-electron chi connectivity index (χ1n) is 17.9. The second-order valence-corrected chi connectivity index (χ2v) is 17.9. The van der Waals surface area contributed by atoms with E-state index < -0.39 is 0 Å². The molecule has 1 fully saturated rings. The van der Waals surface area contributed by atoms with Crippen molar-refractivity contribution in [2.75, 3.05) is 0 Å². The Labute approximate surface area is 284 Å². The Morgan fingerprint density at radius 1 is 0.592 bits per heavy atom. The molecule has 0 unspecified atom stereocenters. The minimum absolute atomic E-state index is 0.0881. The van der Waals surface area contributed by atoms with Gasteiger partial charge in [0.2, 0.25) is 0 Å². The number of nitriles is 1. The topological polar surface area (TPSA) is 32.6 Å². The summed E-state index contributed by atoms with van der Waals surface area (Å²) in [5, 5.41) is 21.4. The van der Waals surface area contributed by atoms with Crippen molar-refractivity contribution in [3.63, 3.8) is 0 Å². The van der Waals surface area contributed by atoms with Gasteiger partial charge in [0.1, 0.15) is 0 Å². The van der Waals surface area contributed by atoms with Crippen LogP contribution in [0, 0.1) is 16.7 Å². The first-order valence-corrected chi connectivity index (χ1v) is 17.9. The minimum Gasteiger partial charge on any atom is -0.308 e. The van der Waals surface area contributed by atoms with Gasteiger partial charge in [-0.1, -0.05) is 84.5 Å². The summed E-state index contributed by atoms with van der Waals surface area (Å²) >= 11 is 0. The standard InChI is InChI=1S/C46H37N3/c1-23-28-17-33-29(16-31(28)46(7)21-45(23,6)22-46)30-18-35-36(27-13-10-12-26-25-11-8-9-14-32(25)48(35)41(26)27)38-37-34(49(33)42(30)38)15-24(19-47)39-40(37)44(4,5)20-43(39,2)3/h8-18H,1,20-22H2,2-7H3. The molecule has 0 N–H and O–H groups in total. The highest BCUT2D eigenvalue weighted by molar-refractivity contribution is 6.38. The predicted octanol–water partition coefficient (Wildman–Crippen LogP) is 11.9. The molecule has 5 aromatic carbocycles. The van der Waals surface area contributed by atoms with Crippen LogP contribution in [0.4, 0.5) is 0 Å². The van der Waals surface area contributed by atoms with Gasteiger partial charge in [-0.2, -0.15) is 5.26 Å². The van der Waals surface area contributed by atoms with Gasteiger partial charge < -0.3 is 8.80 Å². The SMILES string of the molecule is C=C1c2cc3c(cc2C2(C)CC1(C)C2)c1cc2c(c4cccc5c6ccccc6n2c54)c2c4c5c(c(C#N)cc4n3c12)C(C)(C)CC5(C)C. The Morgan fingerprint density at radius 3 is 2.08 bits per heavy atom. The highest BCUT2D eigenvalue weighted by atomic mass is 14.9. The Morgan fingerprint density at radius 2 is 1.29 bits per heavy atom. The molecular weight excluding hydrogens is 595 g/mol. The molecule has 4 aliphatic rings. The van der Waals surface area contributed by atoms with Gasteiger partial charge in [-0.15, -0.1) is 0 Å². The van der Waals surface area contributed by atoms with Gasteiger partial charge in [-0.3, -0.25) is 0 Å². The zero-order chi connectivity index (χ0) is 33.3. The first kappa shape index (κ1) is 26.8. The average Bonchev–Trinajstić information content (AvgIpc) is 3.80. The lowest BCUT2D eigenvalue weighted by atomic mass is 9.44. The van der Waals surface area contributed by atoms with Crippen LogP contribution < -0.4 is 0 Å². The zero-order valence-electron chi connectivity index (χ0n) is 29.0. The highest BCUT2D eigenvalue weighted by Gasteiger charge is 2.56.